The topological polar surface area (TPSA) is 16.3 Å². The van der Waals surface area contributed by atoms with Crippen LogP contribution < -0.4 is 9.80 Å². The van der Waals surface area contributed by atoms with Gasteiger partial charge in [-0.05, 0) is 196 Å². The van der Waals surface area contributed by atoms with Gasteiger partial charge in [0.1, 0.15) is 0 Å². The fourth-order valence-corrected chi connectivity index (χ4v) is 9.26. The molecule has 0 radical (unpaired) electrons. The molecule has 0 saturated heterocycles. The molecule has 62 heavy (non-hydrogen) atoms. The second-order valence-electron chi connectivity index (χ2n) is 16.6. The first-order valence-corrected chi connectivity index (χ1v) is 21.5. The standard InChI is InChI=1S/C58H50N4/c1-39-15-13-21-53(35-39)61(47-17-9-7-10-18-47)51-29-25-49(26-30-51)59-43(5)41(3)55-37-45(23-33-57(55)59)46-24-34-58-56(38-46)42(4)44(6)60(58)50-27-31-52(32-28-50)62(48-19-11-8-12-20-48)54-22-14-16-40(2)36-54/h7-38H,1-6H3. The zero-order chi connectivity index (χ0) is 42.5. The molecule has 2 heterocycles. The first kappa shape index (κ1) is 38.6. The Morgan fingerprint density at radius 3 is 1.03 bits per heavy atom. The Kier molecular flexibility index (Phi) is 9.84. The third-order valence-corrected chi connectivity index (χ3v) is 12.7. The van der Waals surface area contributed by atoms with Gasteiger partial charge in [-0.25, -0.2) is 0 Å². The van der Waals surface area contributed by atoms with Crippen LogP contribution in [0, 0.1) is 41.5 Å². The quantitative estimate of drug-likeness (QED) is 0.145. The van der Waals surface area contributed by atoms with E-state index in [1.54, 1.807) is 0 Å². The van der Waals surface area contributed by atoms with Crippen molar-refractivity contribution in [3.63, 3.8) is 0 Å². The number of para-hydroxylation sites is 2. The molecule has 0 saturated carbocycles. The number of anilines is 6. The lowest BCUT2D eigenvalue weighted by Crippen LogP contribution is -2.10. The van der Waals surface area contributed by atoms with Crippen LogP contribution in [-0.2, 0) is 0 Å². The van der Waals surface area contributed by atoms with E-state index in [-0.39, 0.29) is 0 Å². The molecule has 10 rings (SSSR count). The summed E-state index contributed by atoms with van der Waals surface area (Å²) >= 11 is 0. The van der Waals surface area contributed by atoms with E-state index < -0.39 is 0 Å². The minimum atomic E-state index is 1.12. The highest BCUT2D eigenvalue weighted by Crippen LogP contribution is 2.40. The largest absolute Gasteiger partial charge is 0.314 e. The van der Waals surface area contributed by atoms with Crippen molar-refractivity contribution in [3.05, 3.63) is 228 Å². The molecule has 0 amide bonds. The molecule has 0 atom stereocenters. The molecule has 0 aliphatic carbocycles. The first-order chi connectivity index (χ1) is 30.2. The zero-order valence-corrected chi connectivity index (χ0v) is 36.3. The predicted molar refractivity (Wildman–Crippen MR) is 263 cm³/mol. The smallest absolute Gasteiger partial charge is 0.0534 e. The molecule has 0 N–H and O–H groups in total. The molecule has 4 nitrogen and oxygen atoms in total. The summed E-state index contributed by atoms with van der Waals surface area (Å²) in [4.78, 5) is 4.65. The second kappa shape index (κ2) is 15.8. The van der Waals surface area contributed by atoms with E-state index >= 15 is 0 Å². The van der Waals surface area contributed by atoms with E-state index in [4.69, 9.17) is 0 Å². The summed E-state index contributed by atoms with van der Waals surface area (Å²) < 4.78 is 4.81. The maximum absolute atomic E-state index is 2.40. The van der Waals surface area contributed by atoms with Crippen LogP contribution in [0.5, 0.6) is 0 Å². The van der Waals surface area contributed by atoms with Gasteiger partial charge >= 0.3 is 0 Å². The third kappa shape index (κ3) is 6.84. The van der Waals surface area contributed by atoms with Gasteiger partial charge in [0.2, 0.25) is 0 Å². The predicted octanol–water partition coefficient (Wildman–Crippen LogP) is 16.0. The summed E-state index contributed by atoms with van der Waals surface area (Å²) in [5.74, 6) is 0. The lowest BCUT2D eigenvalue weighted by Gasteiger charge is -2.26. The van der Waals surface area contributed by atoms with E-state index in [2.05, 4.69) is 255 Å². The summed E-state index contributed by atoms with van der Waals surface area (Å²) in [5.41, 5.74) is 21.6. The summed E-state index contributed by atoms with van der Waals surface area (Å²) in [7, 11) is 0. The third-order valence-electron chi connectivity index (χ3n) is 12.7. The van der Waals surface area contributed by atoms with Gasteiger partial charge in [-0.2, -0.15) is 0 Å². The van der Waals surface area contributed by atoms with Gasteiger partial charge in [0.15, 0.2) is 0 Å². The summed E-state index contributed by atoms with van der Waals surface area (Å²) in [6.45, 7) is 13.3. The Morgan fingerprint density at radius 2 is 0.661 bits per heavy atom. The lowest BCUT2D eigenvalue weighted by atomic mass is 10.00. The van der Waals surface area contributed by atoms with Crippen molar-refractivity contribution in [2.24, 2.45) is 0 Å². The Hall–Kier alpha value is -7.56. The van der Waals surface area contributed by atoms with E-state index in [0.29, 0.717) is 0 Å². The maximum Gasteiger partial charge on any atom is 0.0534 e. The van der Waals surface area contributed by atoms with Gasteiger partial charge < -0.3 is 18.9 Å². The molecule has 0 aliphatic heterocycles. The van der Waals surface area contributed by atoms with Crippen molar-refractivity contribution in [2.45, 2.75) is 41.5 Å². The summed E-state index contributed by atoms with van der Waals surface area (Å²) in [6, 6.07) is 70.5. The molecule has 302 valence electrons. The Balaban J connectivity index is 0.970. The number of rotatable bonds is 9. The minimum absolute atomic E-state index is 1.12. The van der Waals surface area contributed by atoms with Crippen molar-refractivity contribution in [2.75, 3.05) is 9.80 Å². The molecule has 0 bridgehead atoms. The molecule has 0 aliphatic rings. The molecule has 4 heteroatoms. The van der Waals surface area contributed by atoms with Gasteiger partial charge in [0, 0.05) is 67.7 Å². The van der Waals surface area contributed by atoms with Gasteiger partial charge in [-0.15, -0.1) is 0 Å². The molecule has 0 spiro atoms. The minimum Gasteiger partial charge on any atom is -0.314 e. The van der Waals surface area contributed by atoms with Crippen LogP contribution in [0.2, 0.25) is 0 Å². The van der Waals surface area contributed by atoms with Gasteiger partial charge in [-0.3, -0.25) is 0 Å². The van der Waals surface area contributed by atoms with Crippen LogP contribution in [0.4, 0.5) is 34.1 Å². The number of fused-ring (bicyclic) bond motifs is 2. The zero-order valence-electron chi connectivity index (χ0n) is 36.3. The Bertz CT molecular complexity index is 3010. The Morgan fingerprint density at radius 1 is 0.306 bits per heavy atom. The van der Waals surface area contributed by atoms with Crippen LogP contribution >= 0.6 is 0 Å². The number of hydrogen-bond donors (Lipinski definition) is 0. The number of hydrogen-bond acceptors (Lipinski definition) is 2. The summed E-state index contributed by atoms with van der Waals surface area (Å²) in [6.07, 6.45) is 0. The van der Waals surface area contributed by atoms with Crippen molar-refractivity contribution >= 4 is 55.9 Å². The highest BCUT2D eigenvalue weighted by molar-refractivity contribution is 5.95. The van der Waals surface area contributed by atoms with Crippen LogP contribution in [0.3, 0.4) is 0 Å². The molecule has 2 aromatic heterocycles. The second-order valence-corrected chi connectivity index (χ2v) is 16.6. The molecule has 0 fully saturated rings. The lowest BCUT2D eigenvalue weighted by molar-refractivity contribution is 1.04. The van der Waals surface area contributed by atoms with E-state index in [0.717, 1.165) is 45.5 Å². The molecule has 10 aromatic rings. The fourth-order valence-electron chi connectivity index (χ4n) is 9.26. The average molecular weight is 803 g/mol. The highest BCUT2D eigenvalue weighted by Gasteiger charge is 2.19. The van der Waals surface area contributed by atoms with Gasteiger partial charge in [0.25, 0.3) is 0 Å². The van der Waals surface area contributed by atoms with Crippen molar-refractivity contribution < 1.29 is 0 Å². The van der Waals surface area contributed by atoms with Crippen LogP contribution in [0.25, 0.3) is 44.3 Å². The van der Waals surface area contributed by atoms with E-state index in [1.165, 1.54) is 66.6 Å². The van der Waals surface area contributed by atoms with Crippen LogP contribution in [-0.4, -0.2) is 9.13 Å². The van der Waals surface area contributed by atoms with Gasteiger partial charge in [0.05, 0.1) is 11.0 Å². The van der Waals surface area contributed by atoms with Crippen molar-refractivity contribution in [1.29, 1.82) is 0 Å². The normalized spacial score (nSPS) is 11.4. The number of aromatic nitrogens is 2. The number of aryl methyl sites for hydroxylation is 4. The molecular weight excluding hydrogens is 753 g/mol. The highest BCUT2D eigenvalue weighted by atomic mass is 15.1. The van der Waals surface area contributed by atoms with E-state index in [9.17, 15) is 0 Å². The molecule has 8 aromatic carbocycles. The Labute approximate surface area is 365 Å². The van der Waals surface area contributed by atoms with Crippen LogP contribution in [0.15, 0.2) is 194 Å². The number of benzene rings is 8. The summed E-state index contributed by atoms with van der Waals surface area (Å²) in [5, 5.41) is 2.55. The maximum atomic E-state index is 2.40. The fraction of sp³-hybridized carbons (Fsp3) is 0.103. The SMILES string of the molecule is Cc1cccc(N(c2ccccc2)c2ccc(-n3c(C)c(C)c4cc(-c5ccc6c(c5)c(C)c(C)n6-c5ccc(N(c6ccccc6)c6cccc(C)c6)cc5)ccc43)cc2)c1. The van der Waals surface area contributed by atoms with Crippen molar-refractivity contribution in [1.82, 2.24) is 9.13 Å². The van der Waals surface area contributed by atoms with Crippen LogP contribution in [0.1, 0.15) is 33.6 Å². The average Bonchev–Trinajstić information content (AvgIpc) is 3.70. The molecule has 0 unspecified atom stereocenters. The van der Waals surface area contributed by atoms with Gasteiger partial charge in [-0.1, -0.05) is 72.8 Å². The monoisotopic (exact) mass is 802 g/mol. The first-order valence-electron chi connectivity index (χ1n) is 21.5. The van der Waals surface area contributed by atoms with E-state index in [1.807, 2.05) is 0 Å². The molecular formula is C58H50N4. The van der Waals surface area contributed by atoms with Crippen molar-refractivity contribution in [3.8, 4) is 22.5 Å². The number of nitrogens with zero attached hydrogens (tertiary/aromatic N) is 4.